The highest BCUT2D eigenvalue weighted by atomic mass is 16.5. The van der Waals surface area contributed by atoms with Gasteiger partial charge in [0.25, 0.3) is 5.91 Å². The van der Waals surface area contributed by atoms with Crippen molar-refractivity contribution >= 4 is 23.4 Å². The third-order valence-corrected chi connectivity index (χ3v) is 3.37. The summed E-state index contributed by atoms with van der Waals surface area (Å²) in [7, 11) is 0. The van der Waals surface area contributed by atoms with Crippen LogP contribution in [0.2, 0.25) is 0 Å². The van der Waals surface area contributed by atoms with Gasteiger partial charge in [0.15, 0.2) is 11.5 Å². The maximum atomic E-state index is 12.6. The van der Waals surface area contributed by atoms with Crippen molar-refractivity contribution in [3.05, 3.63) is 59.9 Å². The first-order valence-corrected chi connectivity index (χ1v) is 6.96. The molecule has 0 saturated carbocycles. The molecule has 1 amide bonds. The Kier molecular flexibility index (Phi) is 3.80. The fourth-order valence-corrected chi connectivity index (χ4v) is 2.35. The third-order valence-electron chi connectivity index (χ3n) is 3.37. The first-order chi connectivity index (χ1) is 10.7. The minimum absolute atomic E-state index is 0.131. The SMILES string of the molecule is Nc1ccc2c(c1)O/C(=C/c1ccccc1)C(=O)N2CCO. The maximum Gasteiger partial charge on any atom is 0.294 e. The molecule has 0 aromatic heterocycles. The van der Waals surface area contributed by atoms with Crippen molar-refractivity contribution in [2.24, 2.45) is 0 Å². The number of hydrogen-bond acceptors (Lipinski definition) is 4. The number of nitrogens with two attached hydrogens (primary N) is 1. The summed E-state index contributed by atoms with van der Waals surface area (Å²) in [4.78, 5) is 14.1. The van der Waals surface area contributed by atoms with Gasteiger partial charge in [0.1, 0.15) is 0 Å². The largest absolute Gasteiger partial charge is 0.449 e. The number of benzene rings is 2. The van der Waals surface area contributed by atoms with Gasteiger partial charge in [0.2, 0.25) is 0 Å². The molecule has 0 spiro atoms. The standard InChI is InChI=1S/C17H16N2O3/c18-13-6-7-14-15(11-13)22-16(17(21)19(14)8-9-20)10-12-4-2-1-3-5-12/h1-7,10-11,20H,8-9,18H2/b16-10+. The van der Waals surface area contributed by atoms with Crippen molar-refractivity contribution in [1.82, 2.24) is 0 Å². The van der Waals surface area contributed by atoms with E-state index in [0.717, 1.165) is 5.56 Å². The number of amides is 1. The van der Waals surface area contributed by atoms with E-state index in [4.69, 9.17) is 10.5 Å². The summed E-state index contributed by atoms with van der Waals surface area (Å²) in [5.41, 5.74) is 7.81. The van der Waals surface area contributed by atoms with E-state index in [-0.39, 0.29) is 24.8 Å². The number of aliphatic hydroxyl groups excluding tert-OH is 1. The first-order valence-electron chi connectivity index (χ1n) is 6.96. The zero-order chi connectivity index (χ0) is 15.5. The molecule has 0 atom stereocenters. The first kappa shape index (κ1) is 14.2. The summed E-state index contributed by atoms with van der Waals surface area (Å²) in [5, 5.41) is 9.21. The van der Waals surface area contributed by atoms with E-state index < -0.39 is 0 Å². The topological polar surface area (TPSA) is 75.8 Å². The lowest BCUT2D eigenvalue weighted by molar-refractivity contribution is -0.117. The van der Waals surface area contributed by atoms with Gasteiger partial charge in [-0.15, -0.1) is 0 Å². The number of ether oxygens (including phenoxy) is 1. The van der Waals surface area contributed by atoms with E-state index in [2.05, 4.69) is 0 Å². The number of nitrogen functional groups attached to an aromatic ring is 1. The Morgan fingerprint density at radius 3 is 2.68 bits per heavy atom. The van der Waals surface area contributed by atoms with Crippen molar-refractivity contribution in [3.8, 4) is 5.75 Å². The summed E-state index contributed by atoms with van der Waals surface area (Å²) in [5.74, 6) is 0.433. The molecule has 1 heterocycles. The quantitative estimate of drug-likeness (QED) is 0.671. The van der Waals surface area contributed by atoms with E-state index in [1.165, 1.54) is 4.90 Å². The smallest absolute Gasteiger partial charge is 0.294 e. The van der Waals surface area contributed by atoms with Crippen molar-refractivity contribution in [1.29, 1.82) is 0 Å². The monoisotopic (exact) mass is 296 g/mol. The predicted molar refractivity (Wildman–Crippen MR) is 85.3 cm³/mol. The molecule has 0 fully saturated rings. The van der Waals surface area contributed by atoms with Crippen molar-refractivity contribution in [2.75, 3.05) is 23.8 Å². The van der Waals surface area contributed by atoms with E-state index in [1.807, 2.05) is 30.3 Å². The van der Waals surface area contributed by atoms with Crippen molar-refractivity contribution in [2.45, 2.75) is 0 Å². The van der Waals surface area contributed by atoms with Crippen LogP contribution in [0.15, 0.2) is 54.3 Å². The van der Waals surface area contributed by atoms with Crippen LogP contribution in [0, 0.1) is 0 Å². The fourth-order valence-electron chi connectivity index (χ4n) is 2.35. The van der Waals surface area contributed by atoms with Gasteiger partial charge in [-0.05, 0) is 23.8 Å². The van der Waals surface area contributed by atoms with E-state index >= 15 is 0 Å². The second-order valence-corrected chi connectivity index (χ2v) is 4.93. The Labute approximate surface area is 128 Å². The average molecular weight is 296 g/mol. The molecule has 112 valence electrons. The lowest BCUT2D eigenvalue weighted by atomic mass is 10.1. The highest BCUT2D eigenvalue weighted by Crippen LogP contribution is 2.37. The Bertz CT molecular complexity index is 726. The molecule has 0 unspecified atom stereocenters. The molecular formula is C17H16N2O3. The highest BCUT2D eigenvalue weighted by molar-refractivity contribution is 6.10. The molecule has 22 heavy (non-hydrogen) atoms. The van der Waals surface area contributed by atoms with Crippen LogP contribution in [0.1, 0.15) is 5.56 Å². The van der Waals surface area contributed by atoms with Crippen LogP contribution in [0.25, 0.3) is 6.08 Å². The second-order valence-electron chi connectivity index (χ2n) is 4.93. The number of hydrogen-bond donors (Lipinski definition) is 2. The number of carbonyl (C=O) groups excluding carboxylic acids is 1. The van der Waals surface area contributed by atoms with Gasteiger partial charge >= 0.3 is 0 Å². The van der Waals surface area contributed by atoms with Crippen molar-refractivity contribution < 1.29 is 14.6 Å². The number of fused-ring (bicyclic) bond motifs is 1. The molecule has 0 saturated heterocycles. The van der Waals surface area contributed by atoms with Gasteiger partial charge in [-0.2, -0.15) is 0 Å². The Morgan fingerprint density at radius 1 is 1.18 bits per heavy atom. The summed E-state index contributed by atoms with van der Waals surface area (Å²) >= 11 is 0. The molecular weight excluding hydrogens is 280 g/mol. The number of anilines is 2. The van der Waals surface area contributed by atoms with E-state index in [1.54, 1.807) is 24.3 Å². The zero-order valence-electron chi connectivity index (χ0n) is 11.9. The van der Waals surface area contributed by atoms with Crippen LogP contribution in [-0.4, -0.2) is 24.2 Å². The lowest BCUT2D eigenvalue weighted by Crippen LogP contribution is -2.39. The molecule has 0 aliphatic carbocycles. The fraction of sp³-hybridized carbons (Fsp3) is 0.118. The summed E-state index contributed by atoms with van der Waals surface area (Å²) in [6.45, 7) is 0.0689. The van der Waals surface area contributed by atoms with E-state index in [9.17, 15) is 9.90 Å². The van der Waals surface area contributed by atoms with Crippen LogP contribution >= 0.6 is 0 Å². The average Bonchev–Trinajstić information content (AvgIpc) is 2.52. The molecule has 3 rings (SSSR count). The lowest BCUT2D eigenvalue weighted by Gasteiger charge is -2.30. The number of nitrogens with zero attached hydrogens (tertiary/aromatic N) is 1. The van der Waals surface area contributed by atoms with Gasteiger partial charge in [-0.3, -0.25) is 9.69 Å². The number of β-amino-alcohol motifs (C(OH)–C–C–N with tert-alkyl or cyclic N) is 1. The molecule has 5 nitrogen and oxygen atoms in total. The van der Waals surface area contributed by atoms with Crippen molar-refractivity contribution in [3.63, 3.8) is 0 Å². The minimum atomic E-state index is -0.282. The molecule has 5 heteroatoms. The predicted octanol–water partition coefficient (Wildman–Crippen LogP) is 2.03. The molecule has 2 aromatic rings. The Hall–Kier alpha value is -2.79. The zero-order valence-corrected chi connectivity index (χ0v) is 11.9. The Balaban J connectivity index is 2.04. The maximum absolute atomic E-state index is 12.6. The van der Waals surface area contributed by atoms with Gasteiger partial charge in [-0.25, -0.2) is 0 Å². The van der Waals surface area contributed by atoms with Gasteiger partial charge < -0.3 is 15.6 Å². The molecule has 2 aromatic carbocycles. The minimum Gasteiger partial charge on any atom is -0.449 e. The molecule has 1 aliphatic heterocycles. The normalized spacial score (nSPS) is 15.6. The van der Waals surface area contributed by atoms with Crippen LogP contribution in [0.4, 0.5) is 11.4 Å². The summed E-state index contributed by atoms with van der Waals surface area (Å²) in [6, 6.07) is 14.5. The summed E-state index contributed by atoms with van der Waals surface area (Å²) < 4.78 is 5.71. The van der Waals surface area contributed by atoms with Gasteiger partial charge in [0.05, 0.1) is 12.3 Å². The second kappa shape index (κ2) is 5.91. The molecule has 0 bridgehead atoms. The van der Waals surface area contributed by atoms with Crippen LogP contribution in [-0.2, 0) is 4.79 Å². The van der Waals surface area contributed by atoms with Crippen LogP contribution < -0.4 is 15.4 Å². The number of aliphatic hydroxyl groups is 1. The van der Waals surface area contributed by atoms with Crippen LogP contribution in [0.3, 0.4) is 0 Å². The van der Waals surface area contributed by atoms with Gasteiger partial charge in [0, 0.05) is 18.3 Å². The Morgan fingerprint density at radius 2 is 1.95 bits per heavy atom. The highest BCUT2D eigenvalue weighted by Gasteiger charge is 2.29. The molecule has 1 aliphatic rings. The number of rotatable bonds is 3. The number of carbonyl (C=O) groups is 1. The molecule has 3 N–H and O–H groups in total. The van der Waals surface area contributed by atoms with E-state index in [0.29, 0.717) is 17.1 Å². The van der Waals surface area contributed by atoms with Gasteiger partial charge in [-0.1, -0.05) is 30.3 Å². The van der Waals surface area contributed by atoms with Crippen LogP contribution in [0.5, 0.6) is 5.75 Å². The summed E-state index contributed by atoms with van der Waals surface area (Å²) in [6.07, 6.45) is 1.68. The molecule has 0 radical (unpaired) electrons. The third kappa shape index (κ3) is 2.66.